The molecule has 0 fully saturated rings. The average Bonchev–Trinajstić information content (AvgIpc) is 2.68. The maximum absolute atomic E-state index is 13.0. The molecule has 0 saturated carbocycles. The summed E-state index contributed by atoms with van der Waals surface area (Å²) in [6.45, 7) is 7.75. The van der Waals surface area contributed by atoms with Crippen molar-refractivity contribution in [1.29, 1.82) is 0 Å². The van der Waals surface area contributed by atoms with Crippen LogP contribution >= 0.6 is 0 Å². The minimum atomic E-state index is -4.67. The van der Waals surface area contributed by atoms with Crippen molar-refractivity contribution >= 4 is 15.7 Å². The number of nitrogens with zero attached hydrogens (tertiary/aromatic N) is 2. The van der Waals surface area contributed by atoms with E-state index in [2.05, 4.69) is 10.3 Å². The Labute approximate surface area is 184 Å². The number of nitrogens with one attached hydrogen (secondary N) is 1. The van der Waals surface area contributed by atoms with Crippen LogP contribution in [0.3, 0.4) is 0 Å². The molecule has 1 aromatic carbocycles. The molecule has 176 valence electrons. The van der Waals surface area contributed by atoms with Crippen LogP contribution in [0.15, 0.2) is 40.3 Å². The maximum Gasteiger partial charge on any atom is 0.416 e. The SMILES string of the molecule is Cc1c(C(=O)NCCC(C)(C)S(=O)(=O)c2cccc(C(F)(F)F)c2)ncn(C(C)C)c1=O. The van der Waals surface area contributed by atoms with Gasteiger partial charge in [0.05, 0.1) is 21.5 Å². The number of benzene rings is 1. The predicted octanol–water partition coefficient (Wildman–Crippen LogP) is 3.52. The second-order valence-electron chi connectivity index (χ2n) is 8.32. The molecular weight excluding hydrogens is 447 g/mol. The molecule has 0 aliphatic carbocycles. The van der Waals surface area contributed by atoms with Crippen molar-refractivity contribution in [1.82, 2.24) is 14.9 Å². The zero-order valence-electron chi connectivity index (χ0n) is 18.4. The van der Waals surface area contributed by atoms with Crippen LogP contribution in [-0.4, -0.2) is 35.2 Å². The summed E-state index contributed by atoms with van der Waals surface area (Å²) in [6, 6.07) is 3.43. The van der Waals surface area contributed by atoms with Gasteiger partial charge in [-0.05, 0) is 59.2 Å². The lowest BCUT2D eigenvalue weighted by Gasteiger charge is -2.25. The molecule has 1 N–H and O–H groups in total. The Morgan fingerprint density at radius 3 is 2.41 bits per heavy atom. The van der Waals surface area contributed by atoms with Crippen molar-refractivity contribution in [3.63, 3.8) is 0 Å². The van der Waals surface area contributed by atoms with Gasteiger partial charge < -0.3 is 5.32 Å². The molecule has 1 aromatic heterocycles. The van der Waals surface area contributed by atoms with Gasteiger partial charge in [-0.15, -0.1) is 0 Å². The highest BCUT2D eigenvalue weighted by Gasteiger charge is 2.38. The lowest BCUT2D eigenvalue weighted by Crippen LogP contribution is -2.38. The molecule has 32 heavy (non-hydrogen) atoms. The largest absolute Gasteiger partial charge is 0.416 e. The van der Waals surface area contributed by atoms with Crippen molar-refractivity contribution in [2.45, 2.75) is 62.9 Å². The van der Waals surface area contributed by atoms with Crippen molar-refractivity contribution in [2.24, 2.45) is 0 Å². The standard InChI is InChI=1S/C21H26F3N3O4S/c1-13(2)27-12-26-17(14(3)19(27)29)18(28)25-10-9-20(4,5)32(30,31)16-8-6-7-15(11-16)21(22,23)24/h6-8,11-13H,9-10H2,1-5H3,(H,25,28). The van der Waals surface area contributed by atoms with E-state index >= 15 is 0 Å². The summed E-state index contributed by atoms with van der Waals surface area (Å²) in [4.78, 5) is 28.4. The van der Waals surface area contributed by atoms with E-state index in [1.807, 2.05) is 0 Å². The molecule has 0 aliphatic rings. The van der Waals surface area contributed by atoms with Crippen LogP contribution in [0.1, 0.15) is 61.8 Å². The van der Waals surface area contributed by atoms with E-state index in [0.29, 0.717) is 6.07 Å². The van der Waals surface area contributed by atoms with E-state index in [1.54, 1.807) is 13.8 Å². The molecule has 1 heterocycles. The van der Waals surface area contributed by atoms with Crippen molar-refractivity contribution in [3.05, 3.63) is 57.8 Å². The lowest BCUT2D eigenvalue weighted by molar-refractivity contribution is -0.137. The molecule has 7 nitrogen and oxygen atoms in total. The van der Waals surface area contributed by atoms with Gasteiger partial charge in [-0.1, -0.05) is 6.07 Å². The first-order valence-corrected chi connectivity index (χ1v) is 11.4. The van der Waals surface area contributed by atoms with E-state index in [0.717, 1.165) is 18.2 Å². The number of alkyl halides is 3. The summed E-state index contributed by atoms with van der Waals surface area (Å²) in [5.41, 5.74) is -1.31. The Kier molecular flexibility index (Phi) is 7.23. The van der Waals surface area contributed by atoms with E-state index in [-0.39, 0.29) is 35.8 Å². The second kappa shape index (κ2) is 9.05. The van der Waals surface area contributed by atoms with Gasteiger partial charge in [0, 0.05) is 18.2 Å². The van der Waals surface area contributed by atoms with Crippen LogP contribution in [-0.2, 0) is 16.0 Å². The van der Waals surface area contributed by atoms with Gasteiger partial charge in [0.15, 0.2) is 9.84 Å². The zero-order chi connectivity index (χ0) is 24.5. The second-order valence-corrected chi connectivity index (χ2v) is 10.9. The smallest absolute Gasteiger partial charge is 0.351 e. The zero-order valence-corrected chi connectivity index (χ0v) is 19.3. The molecule has 0 atom stereocenters. The lowest BCUT2D eigenvalue weighted by atomic mass is 10.1. The molecule has 2 aromatic rings. The summed E-state index contributed by atoms with van der Waals surface area (Å²) in [6.07, 6.45) is -3.46. The molecule has 2 rings (SSSR count). The van der Waals surface area contributed by atoms with Crippen molar-refractivity contribution in [2.75, 3.05) is 6.54 Å². The Balaban J connectivity index is 2.16. The molecule has 1 amide bonds. The number of halogens is 3. The molecule has 0 saturated heterocycles. The molecular formula is C21H26F3N3O4S. The molecule has 0 aliphatic heterocycles. The number of hydrogen-bond acceptors (Lipinski definition) is 5. The Bertz CT molecular complexity index is 1170. The number of amides is 1. The number of aromatic nitrogens is 2. The van der Waals surface area contributed by atoms with E-state index < -0.39 is 37.1 Å². The van der Waals surface area contributed by atoms with Gasteiger partial charge in [-0.2, -0.15) is 13.2 Å². The highest BCUT2D eigenvalue weighted by molar-refractivity contribution is 7.92. The van der Waals surface area contributed by atoms with E-state index in [4.69, 9.17) is 0 Å². The van der Waals surface area contributed by atoms with Crippen LogP contribution in [0.5, 0.6) is 0 Å². The fourth-order valence-corrected chi connectivity index (χ4v) is 4.56. The van der Waals surface area contributed by atoms with Gasteiger partial charge in [0.1, 0.15) is 5.69 Å². The number of carbonyl (C=O) groups is 1. The van der Waals surface area contributed by atoms with Crippen molar-refractivity contribution < 1.29 is 26.4 Å². The fourth-order valence-electron chi connectivity index (χ4n) is 3.01. The van der Waals surface area contributed by atoms with Crippen LogP contribution in [0.4, 0.5) is 13.2 Å². The summed E-state index contributed by atoms with van der Waals surface area (Å²) in [5, 5.41) is 2.54. The minimum absolute atomic E-state index is 0.0644. The summed E-state index contributed by atoms with van der Waals surface area (Å²) in [5.74, 6) is -0.636. The Morgan fingerprint density at radius 1 is 1.22 bits per heavy atom. The van der Waals surface area contributed by atoms with Gasteiger partial charge in [-0.3, -0.25) is 14.2 Å². The van der Waals surface area contributed by atoms with Gasteiger partial charge in [-0.25, -0.2) is 13.4 Å². The van der Waals surface area contributed by atoms with Gasteiger partial charge >= 0.3 is 6.18 Å². The van der Waals surface area contributed by atoms with Gasteiger partial charge in [0.25, 0.3) is 11.5 Å². The first-order valence-electron chi connectivity index (χ1n) is 9.87. The van der Waals surface area contributed by atoms with Crippen LogP contribution < -0.4 is 10.9 Å². The number of sulfone groups is 1. The highest BCUT2D eigenvalue weighted by atomic mass is 32.2. The predicted molar refractivity (Wildman–Crippen MR) is 113 cm³/mol. The van der Waals surface area contributed by atoms with E-state index in [9.17, 15) is 31.2 Å². The minimum Gasteiger partial charge on any atom is -0.351 e. The monoisotopic (exact) mass is 473 g/mol. The third-order valence-corrected chi connectivity index (χ3v) is 7.74. The number of carbonyl (C=O) groups excluding carboxylic acids is 1. The maximum atomic E-state index is 13.0. The molecule has 0 spiro atoms. The van der Waals surface area contributed by atoms with Crippen LogP contribution in [0.25, 0.3) is 0 Å². The van der Waals surface area contributed by atoms with E-state index in [1.165, 1.54) is 31.7 Å². The van der Waals surface area contributed by atoms with Crippen LogP contribution in [0.2, 0.25) is 0 Å². The third-order valence-electron chi connectivity index (χ3n) is 5.20. The molecule has 11 heteroatoms. The fraction of sp³-hybridized carbons (Fsp3) is 0.476. The molecule has 0 radical (unpaired) electrons. The summed E-state index contributed by atoms with van der Waals surface area (Å²) >= 11 is 0. The Hall–Kier alpha value is -2.69. The topological polar surface area (TPSA) is 98.1 Å². The third kappa shape index (κ3) is 5.20. The van der Waals surface area contributed by atoms with Crippen molar-refractivity contribution in [3.8, 4) is 0 Å². The quantitative estimate of drug-likeness (QED) is 0.664. The first kappa shape index (κ1) is 25.6. The summed E-state index contributed by atoms with van der Waals surface area (Å²) < 4.78 is 64.7. The highest BCUT2D eigenvalue weighted by Crippen LogP contribution is 2.34. The van der Waals surface area contributed by atoms with Crippen LogP contribution in [0, 0.1) is 6.92 Å². The first-order chi connectivity index (χ1) is 14.6. The average molecular weight is 474 g/mol. The normalized spacial score (nSPS) is 12.8. The number of hydrogen-bond donors (Lipinski definition) is 1. The van der Waals surface area contributed by atoms with Gasteiger partial charge in [0.2, 0.25) is 0 Å². The summed E-state index contributed by atoms with van der Waals surface area (Å²) in [7, 11) is -4.13. The molecule has 0 bridgehead atoms. The number of rotatable bonds is 7. The Morgan fingerprint density at radius 2 is 1.84 bits per heavy atom. The molecule has 0 unspecified atom stereocenters.